The second-order valence-electron chi connectivity index (χ2n) is 9.17. The van der Waals surface area contributed by atoms with Crippen LogP contribution in [0.2, 0.25) is 10.0 Å². The molecule has 0 unspecified atom stereocenters. The summed E-state index contributed by atoms with van der Waals surface area (Å²) in [6.07, 6.45) is 4.68. The van der Waals surface area contributed by atoms with Gasteiger partial charge in [0.05, 0.1) is 32.8 Å². The summed E-state index contributed by atoms with van der Waals surface area (Å²) in [5.41, 5.74) is 0.105. The number of halogens is 3. The maximum Gasteiger partial charge on any atom is 0.261 e. The number of likely N-dealkylation sites (tertiary alicyclic amines) is 1. The Morgan fingerprint density at radius 1 is 1.25 bits per heavy atom. The second kappa shape index (κ2) is 9.84. The number of ether oxygens (including phenoxy) is 1. The first-order valence-corrected chi connectivity index (χ1v) is 12.5. The Hall–Kier alpha value is -2.94. The van der Waals surface area contributed by atoms with Gasteiger partial charge in [-0.15, -0.1) is 0 Å². The lowest BCUT2D eigenvalue weighted by atomic mass is 9.87. The number of benzene rings is 2. The first-order chi connectivity index (χ1) is 17.3. The van der Waals surface area contributed by atoms with Gasteiger partial charge >= 0.3 is 0 Å². The van der Waals surface area contributed by atoms with Crippen molar-refractivity contribution in [2.45, 2.75) is 30.8 Å². The van der Waals surface area contributed by atoms with Crippen LogP contribution in [0.25, 0.3) is 10.9 Å². The Morgan fingerprint density at radius 3 is 2.78 bits per heavy atom. The third-order valence-corrected chi connectivity index (χ3v) is 7.83. The first-order valence-electron chi connectivity index (χ1n) is 11.7. The van der Waals surface area contributed by atoms with Gasteiger partial charge < -0.3 is 15.0 Å². The van der Waals surface area contributed by atoms with Crippen LogP contribution in [-0.2, 0) is 15.1 Å². The van der Waals surface area contributed by atoms with Crippen LogP contribution in [0.5, 0.6) is 0 Å². The van der Waals surface area contributed by atoms with E-state index in [-0.39, 0.29) is 39.7 Å². The van der Waals surface area contributed by atoms with Crippen LogP contribution in [0.1, 0.15) is 30.9 Å². The third kappa shape index (κ3) is 4.38. The molecule has 188 valence electrons. The summed E-state index contributed by atoms with van der Waals surface area (Å²) in [5.74, 6) is -0.798. The average Bonchev–Trinajstić information content (AvgIpc) is 3.31. The lowest BCUT2D eigenvalue weighted by molar-refractivity contribution is -0.125. The summed E-state index contributed by atoms with van der Waals surface area (Å²) in [6.45, 7) is 5.28. The van der Waals surface area contributed by atoms with Crippen molar-refractivity contribution >= 4 is 45.7 Å². The van der Waals surface area contributed by atoms with Crippen molar-refractivity contribution in [2.75, 3.05) is 31.6 Å². The van der Waals surface area contributed by atoms with Crippen molar-refractivity contribution in [2.24, 2.45) is 0 Å². The molecule has 0 saturated carbocycles. The van der Waals surface area contributed by atoms with Crippen LogP contribution >= 0.6 is 23.2 Å². The van der Waals surface area contributed by atoms with Crippen molar-refractivity contribution in [3.63, 3.8) is 0 Å². The summed E-state index contributed by atoms with van der Waals surface area (Å²) < 4.78 is 22.3. The van der Waals surface area contributed by atoms with Gasteiger partial charge in [0.1, 0.15) is 5.82 Å². The zero-order valence-corrected chi connectivity index (χ0v) is 21.0. The molecule has 0 spiro atoms. The van der Waals surface area contributed by atoms with E-state index in [4.69, 9.17) is 27.9 Å². The number of anilines is 1. The van der Waals surface area contributed by atoms with E-state index in [1.807, 2.05) is 0 Å². The fourth-order valence-electron chi connectivity index (χ4n) is 5.17. The van der Waals surface area contributed by atoms with Gasteiger partial charge in [-0.2, -0.15) is 0 Å². The lowest BCUT2D eigenvalue weighted by Gasteiger charge is -2.33. The Balaban J connectivity index is 1.58. The van der Waals surface area contributed by atoms with Crippen LogP contribution in [0.3, 0.4) is 0 Å². The summed E-state index contributed by atoms with van der Waals surface area (Å²) in [6, 6.07) is 7.94. The molecule has 1 N–H and O–H groups in total. The molecule has 3 aromatic rings. The molecule has 7 nitrogen and oxygen atoms in total. The molecule has 2 aliphatic rings. The molecule has 2 aliphatic heterocycles. The number of hydrogen-bond acceptors (Lipinski definition) is 5. The Morgan fingerprint density at radius 2 is 2.03 bits per heavy atom. The van der Waals surface area contributed by atoms with Crippen LogP contribution in [0.15, 0.2) is 54.1 Å². The monoisotopic (exact) mass is 530 g/mol. The molecule has 10 heteroatoms. The quantitative estimate of drug-likeness (QED) is 0.374. The summed E-state index contributed by atoms with van der Waals surface area (Å²) in [4.78, 5) is 31.9. The van der Waals surface area contributed by atoms with Gasteiger partial charge in [0.2, 0.25) is 5.91 Å². The predicted molar refractivity (Wildman–Crippen MR) is 138 cm³/mol. The van der Waals surface area contributed by atoms with Crippen LogP contribution < -0.4 is 10.9 Å². The lowest BCUT2D eigenvalue weighted by Crippen LogP contribution is -2.41. The van der Waals surface area contributed by atoms with Gasteiger partial charge in [0.25, 0.3) is 5.56 Å². The van der Waals surface area contributed by atoms with Crippen LogP contribution in [0.4, 0.5) is 10.1 Å². The third-order valence-electron chi connectivity index (χ3n) is 7.03. The molecule has 0 radical (unpaired) electrons. The average molecular weight is 531 g/mol. The van der Waals surface area contributed by atoms with Gasteiger partial charge in [0, 0.05) is 43.6 Å². The van der Waals surface area contributed by atoms with E-state index in [2.05, 4.69) is 16.9 Å². The van der Waals surface area contributed by atoms with Gasteiger partial charge in [0.15, 0.2) is 0 Å². The summed E-state index contributed by atoms with van der Waals surface area (Å²) >= 11 is 12.8. The number of nitrogens with zero attached hydrogens (tertiary/aromatic N) is 3. The largest absolute Gasteiger partial charge is 0.381 e. The SMILES string of the molecule is C=CC(=O)N1CC[C@](Nc2ccc3ncn(C4CCOCC4)c(=O)c3c2)(c2c(F)ccc(Cl)c2Cl)C1. The van der Waals surface area contributed by atoms with Crippen molar-refractivity contribution in [1.82, 2.24) is 14.5 Å². The highest BCUT2D eigenvalue weighted by molar-refractivity contribution is 6.42. The number of carbonyl (C=O) groups is 1. The maximum atomic E-state index is 15.2. The number of aromatic nitrogens is 2. The topological polar surface area (TPSA) is 76.5 Å². The minimum absolute atomic E-state index is 0.0266. The number of nitrogens with one attached hydrogen (secondary N) is 1. The smallest absolute Gasteiger partial charge is 0.261 e. The molecular formula is C26H25Cl2FN4O3. The molecule has 36 heavy (non-hydrogen) atoms. The normalized spacial score (nSPS) is 20.6. The Kier molecular flexibility index (Phi) is 6.76. The molecule has 2 fully saturated rings. The predicted octanol–water partition coefficient (Wildman–Crippen LogP) is 4.92. The molecule has 5 rings (SSSR count). The second-order valence-corrected chi connectivity index (χ2v) is 9.96. The maximum absolute atomic E-state index is 15.2. The zero-order valence-electron chi connectivity index (χ0n) is 19.5. The molecule has 0 bridgehead atoms. The number of fused-ring (bicyclic) bond motifs is 1. The van der Waals surface area contributed by atoms with Crippen molar-refractivity contribution < 1.29 is 13.9 Å². The van der Waals surface area contributed by atoms with Gasteiger partial charge in [-0.1, -0.05) is 29.8 Å². The van der Waals surface area contributed by atoms with Gasteiger partial charge in [-0.3, -0.25) is 14.2 Å². The number of hydrogen-bond donors (Lipinski definition) is 1. The van der Waals surface area contributed by atoms with Gasteiger partial charge in [-0.05, 0) is 55.7 Å². The minimum atomic E-state index is -1.07. The number of rotatable bonds is 5. The fraction of sp³-hybridized carbons (Fsp3) is 0.346. The standard InChI is InChI=1S/C26H25Cl2FN4O3/c1-2-22(34)32-10-9-26(14-32,23-20(29)5-4-19(27)24(23)28)31-16-3-6-21-18(13-16)25(35)33(15-30-21)17-7-11-36-12-8-17/h2-6,13,15,17,31H,1,7-12,14H2/t26-/m1/s1. The molecular weight excluding hydrogens is 506 g/mol. The number of carbonyl (C=O) groups excluding carboxylic acids is 1. The van der Waals surface area contributed by atoms with E-state index in [1.165, 1.54) is 18.2 Å². The van der Waals surface area contributed by atoms with E-state index in [0.29, 0.717) is 42.8 Å². The summed E-state index contributed by atoms with van der Waals surface area (Å²) in [7, 11) is 0. The molecule has 1 aromatic heterocycles. The van der Waals surface area contributed by atoms with Crippen LogP contribution in [-0.4, -0.2) is 46.7 Å². The fourth-order valence-corrected chi connectivity index (χ4v) is 5.67. The van der Waals surface area contributed by atoms with E-state index in [9.17, 15) is 9.59 Å². The summed E-state index contributed by atoms with van der Waals surface area (Å²) in [5, 5.41) is 4.14. The Labute approximate surface area is 217 Å². The zero-order chi connectivity index (χ0) is 25.4. The molecule has 2 saturated heterocycles. The molecule has 1 atom stereocenters. The molecule has 1 amide bonds. The highest BCUT2D eigenvalue weighted by Crippen LogP contribution is 2.43. The first kappa shape index (κ1) is 24.7. The van der Waals surface area contributed by atoms with E-state index in [0.717, 1.165) is 12.8 Å². The van der Waals surface area contributed by atoms with Crippen molar-refractivity contribution in [3.05, 3.63) is 81.1 Å². The highest BCUT2D eigenvalue weighted by atomic mass is 35.5. The highest BCUT2D eigenvalue weighted by Gasteiger charge is 2.44. The van der Waals surface area contributed by atoms with E-state index >= 15 is 4.39 Å². The molecule has 0 aliphatic carbocycles. The molecule has 3 heterocycles. The van der Waals surface area contributed by atoms with Crippen molar-refractivity contribution in [3.8, 4) is 0 Å². The van der Waals surface area contributed by atoms with Gasteiger partial charge in [-0.25, -0.2) is 9.37 Å². The Bertz CT molecular complexity index is 1410. The van der Waals surface area contributed by atoms with Crippen molar-refractivity contribution in [1.29, 1.82) is 0 Å². The van der Waals surface area contributed by atoms with E-state index < -0.39 is 11.4 Å². The minimum Gasteiger partial charge on any atom is -0.381 e. The van der Waals surface area contributed by atoms with E-state index in [1.54, 1.807) is 34.0 Å². The number of amides is 1. The molecule has 2 aromatic carbocycles. The van der Waals surface area contributed by atoms with Crippen LogP contribution in [0, 0.1) is 5.82 Å².